The molecular formula is C14H16N5O7PS. The Kier molecular flexibility index (Phi) is 4.04. The first-order chi connectivity index (χ1) is 13.3. The zero-order valence-corrected chi connectivity index (χ0v) is 15.9. The van der Waals surface area contributed by atoms with Crippen molar-refractivity contribution < 1.29 is 28.2 Å². The van der Waals surface area contributed by atoms with Gasteiger partial charge in [0.25, 0.3) is 0 Å². The van der Waals surface area contributed by atoms with Gasteiger partial charge in [-0.1, -0.05) is 0 Å². The molecule has 0 aromatic carbocycles. The molecule has 2 aliphatic rings. The Hall–Kier alpha value is -1.99. The number of anilines is 1. The van der Waals surface area contributed by atoms with Crippen LogP contribution in [0.15, 0.2) is 27.6 Å². The molecule has 0 aliphatic carbocycles. The van der Waals surface area contributed by atoms with E-state index in [0.717, 1.165) is 0 Å². The zero-order valence-electron chi connectivity index (χ0n) is 14.1. The summed E-state index contributed by atoms with van der Waals surface area (Å²) in [5.41, 5.74) is 5.25. The summed E-state index contributed by atoms with van der Waals surface area (Å²) in [6.07, 6.45) is -2.38. The summed E-state index contributed by atoms with van der Waals surface area (Å²) in [7, 11) is -3.65. The number of rotatable bonds is 2. The van der Waals surface area contributed by atoms with Gasteiger partial charge >= 0.3 is 161 Å². The number of aromatic amines is 1. The average Bonchev–Trinajstić information content (AvgIpc) is 3.33. The molecule has 3 aromatic rings. The van der Waals surface area contributed by atoms with Crippen molar-refractivity contribution in [1.29, 1.82) is 0 Å². The number of fused-ring (bicyclic) bond motifs is 2. The Morgan fingerprint density at radius 2 is 2.25 bits per heavy atom. The van der Waals surface area contributed by atoms with Crippen molar-refractivity contribution in [2.24, 2.45) is 0 Å². The van der Waals surface area contributed by atoms with Crippen molar-refractivity contribution in [2.45, 2.75) is 24.5 Å². The van der Waals surface area contributed by atoms with Crippen LogP contribution in [0.4, 0.5) is 5.95 Å². The third kappa shape index (κ3) is 2.75. The van der Waals surface area contributed by atoms with Crippen LogP contribution in [0.3, 0.4) is 0 Å². The number of hydrogen-bond acceptors (Lipinski definition) is 11. The standard InChI is InChI=1S/C14H16N5O7PS/c15-14-17-11-7(12(21)18-14)16-10(5-2-1-3-23-5)19(11)13-8(20)9-6(25-13)4-24-27(22,28)26-9/h1-3,6,8-9,13,20,22,27-28H,4H2,(H3,15,17,18,21)/t6?,8?,9-,13-/m1/s1. The topological polar surface area (TPSA) is 171 Å². The summed E-state index contributed by atoms with van der Waals surface area (Å²) in [5.74, 6) is 0.427. The number of aliphatic hydroxyl groups excluding tert-OH is 1. The van der Waals surface area contributed by atoms with Gasteiger partial charge in [0.1, 0.15) is 0 Å². The number of nitrogen functional groups attached to an aromatic ring is 1. The van der Waals surface area contributed by atoms with Gasteiger partial charge in [0.05, 0.1) is 0 Å². The number of imidazole rings is 1. The Morgan fingerprint density at radius 1 is 1.43 bits per heavy atom. The molecule has 2 unspecified atom stereocenters. The van der Waals surface area contributed by atoms with Crippen LogP contribution >= 0.6 is 19.4 Å². The molecule has 150 valence electrons. The van der Waals surface area contributed by atoms with Crippen molar-refractivity contribution in [3.8, 4) is 11.6 Å². The Bertz CT molecular complexity index is 1100. The fourth-order valence-electron chi connectivity index (χ4n) is 3.44. The molecule has 3 aromatic heterocycles. The minimum atomic E-state index is -3.65. The molecule has 5 rings (SSSR count). The van der Waals surface area contributed by atoms with Gasteiger partial charge in [0.2, 0.25) is 0 Å². The van der Waals surface area contributed by atoms with Crippen molar-refractivity contribution in [2.75, 3.05) is 12.3 Å². The molecular weight excluding hydrogens is 413 g/mol. The van der Waals surface area contributed by atoms with Gasteiger partial charge in [-0.2, -0.15) is 0 Å². The number of ether oxygens (including phenoxy) is 1. The van der Waals surface area contributed by atoms with E-state index in [1.54, 1.807) is 12.1 Å². The molecule has 5 heterocycles. The van der Waals surface area contributed by atoms with Gasteiger partial charge < -0.3 is 0 Å². The molecule has 2 aliphatic heterocycles. The summed E-state index contributed by atoms with van der Waals surface area (Å²) in [4.78, 5) is 33.1. The molecule has 14 heteroatoms. The molecule has 0 amide bonds. The van der Waals surface area contributed by atoms with Gasteiger partial charge in [0, 0.05) is 0 Å². The Labute approximate surface area is 162 Å². The van der Waals surface area contributed by atoms with Crippen molar-refractivity contribution >= 4 is 36.5 Å². The van der Waals surface area contributed by atoms with Gasteiger partial charge in [-0.05, 0) is 0 Å². The molecule has 4 atom stereocenters. The molecule has 2 saturated heterocycles. The summed E-state index contributed by atoms with van der Waals surface area (Å²) in [6, 6.07) is 3.29. The van der Waals surface area contributed by atoms with E-state index in [1.807, 2.05) is 0 Å². The maximum atomic E-state index is 12.3. The average molecular weight is 429 g/mol. The maximum absolute atomic E-state index is 12.3. The van der Waals surface area contributed by atoms with E-state index in [2.05, 4.69) is 27.2 Å². The van der Waals surface area contributed by atoms with Crippen LogP contribution in [0.25, 0.3) is 22.7 Å². The number of nitrogens with one attached hydrogen (secondary N) is 1. The van der Waals surface area contributed by atoms with Crippen LogP contribution in [0, 0.1) is 0 Å². The molecule has 0 saturated carbocycles. The monoisotopic (exact) mass is 429 g/mol. The predicted octanol–water partition coefficient (Wildman–Crippen LogP) is -0.0325. The summed E-state index contributed by atoms with van der Waals surface area (Å²) >= 11 is 3.97. The van der Waals surface area contributed by atoms with E-state index in [0.29, 0.717) is 5.76 Å². The molecule has 12 nitrogen and oxygen atoms in total. The fraction of sp³-hybridized carbons (Fsp3) is 0.357. The Balaban J connectivity index is 1.68. The van der Waals surface area contributed by atoms with Crippen LogP contribution in [0.2, 0.25) is 0 Å². The third-order valence-corrected chi connectivity index (χ3v) is 6.43. The Morgan fingerprint density at radius 3 is 3.00 bits per heavy atom. The first-order valence-corrected chi connectivity index (χ1v) is 11.3. The second-order valence-electron chi connectivity index (χ2n) is 6.40. The van der Waals surface area contributed by atoms with Crippen molar-refractivity contribution in [1.82, 2.24) is 19.5 Å². The number of thiol groups is 1. The molecule has 2 fully saturated rings. The van der Waals surface area contributed by atoms with Crippen LogP contribution in [0.1, 0.15) is 6.23 Å². The van der Waals surface area contributed by atoms with E-state index in [1.165, 1.54) is 10.8 Å². The quantitative estimate of drug-likeness (QED) is 0.275. The number of hydrogen-bond donors (Lipinski definition) is 5. The van der Waals surface area contributed by atoms with Crippen molar-refractivity contribution in [3.63, 3.8) is 0 Å². The van der Waals surface area contributed by atoms with Gasteiger partial charge in [0.15, 0.2) is 0 Å². The first-order valence-electron chi connectivity index (χ1n) is 8.26. The van der Waals surface area contributed by atoms with E-state index < -0.39 is 37.2 Å². The normalized spacial score (nSPS) is 30.4. The molecule has 28 heavy (non-hydrogen) atoms. The van der Waals surface area contributed by atoms with Crippen LogP contribution in [0.5, 0.6) is 0 Å². The number of aromatic nitrogens is 4. The SMILES string of the molecule is Nc1nc2c(nc(-c3ccco3)n2[C@@H]2OC3CO[PH](O)(S)O[C@H]3C2O)c(=O)[nH]1. The number of nitrogens with zero attached hydrogens (tertiary/aromatic N) is 3. The van der Waals surface area contributed by atoms with Crippen molar-refractivity contribution in [3.05, 3.63) is 28.7 Å². The van der Waals surface area contributed by atoms with Crippen LogP contribution < -0.4 is 11.3 Å². The van der Waals surface area contributed by atoms with Gasteiger partial charge in [-0.15, -0.1) is 0 Å². The van der Waals surface area contributed by atoms with E-state index in [-0.39, 0.29) is 29.5 Å². The molecule has 0 radical (unpaired) electrons. The number of nitrogens with two attached hydrogens (primary N) is 1. The van der Waals surface area contributed by atoms with E-state index >= 15 is 0 Å². The van der Waals surface area contributed by atoms with Gasteiger partial charge in [-0.25, -0.2) is 0 Å². The van der Waals surface area contributed by atoms with E-state index in [9.17, 15) is 14.8 Å². The minimum absolute atomic E-state index is 0.00326. The second-order valence-corrected chi connectivity index (χ2v) is 9.72. The summed E-state index contributed by atoms with van der Waals surface area (Å²) in [5, 5.41) is 10.9. The number of furan rings is 1. The molecule has 0 bridgehead atoms. The second kappa shape index (κ2) is 6.26. The number of H-pyrrole nitrogens is 1. The predicted molar refractivity (Wildman–Crippen MR) is 101 cm³/mol. The summed E-state index contributed by atoms with van der Waals surface area (Å²) < 4.78 is 23.3. The van der Waals surface area contributed by atoms with Crippen LogP contribution in [-0.4, -0.2) is 54.4 Å². The number of aliphatic hydroxyl groups is 1. The molecule has 5 N–H and O–H groups in total. The summed E-state index contributed by atoms with van der Waals surface area (Å²) in [6.45, 7) is -0.0106. The molecule has 0 spiro atoms. The zero-order chi connectivity index (χ0) is 19.6. The third-order valence-electron chi connectivity index (χ3n) is 4.60. The first kappa shape index (κ1) is 18.1. The van der Waals surface area contributed by atoms with E-state index in [4.69, 9.17) is 23.9 Å². The fourth-order valence-corrected chi connectivity index (χ4v) is 5.12. The van der Waals surface area contributed by atoms with Gasteiger partial charge in [-0.3, -0.25) is 0 Å². The van der Waals surface area contributed by atoms with Crippen LogP contribution in [-0.2, 0) is 13.8 Å².